The minimum absolute atomic E-state index is 0.0582. The Kier molecular flexibility index (Phi) is 5.45. The summed E-state index contributed by atoms with van der Waals surface area (Å²) in [6, 6.07) is 2.17. The van der Waals surface area contributed by atoms with E-state index in [0.717, 1.165) is 17.0 Å². The summed E-state index contributed by atoms with van der Waals surface area (Å²) >= 11 is 0. The molecule has 2 aliphatic rings. The zero-order chi connectivity index (χ0) is 19.6. The van der Waals surface area contributed by atoms with Gasteiger partial charge < -0.3 is 15.0 Å². The van der Waals surface area contributed by atoms with Crippen LogP contribution in [0.4, 0.5) is 25.0 Å². The van der Waals surface area contributed by atoms with Gasteiger partial charge in [-0.3, -0.25) is 20.0 Å². The number of hydroxylamine groups is 1. The van der Waals surface area contributed by atoms with Crippen molar-refractivity contribution < 1.29 is 27.9 Å². The SMILES string of the molecule is CCC(=O)NC[C@H]1CN(c2cc(F)c(N3C=C(NOC)C3)c(F)c2)C(=O)O1. The molecular weight excluding hydrogens is 362 g/mol. The van der Waals surface area contributed by atoms with Gasteiger partial charge in [-0.15, -0.1) is 0 Å². The lowest BCUT2D eigenvalue weighted by molar-refractivity contribution is -0.121. The van der Waals surface area contributed by atoms with Gasteiger partial charge in [-0.05, 0) is 0 Å². The molecular formula is C17H20F2N4O4. The molecule has 3 rings (SSSR count). The number of hydrogen-bond acceptors (Lipinski definition) is 6. The summed E-state index contributed by atoms with van der Waals surface area (Å²) in [6.45, 7) is 2.21. The van der Waals surface area contributed by atoms with Crippen LogP contribution in [0, 0.1) is 11.6 Å². The van der Waals surface area contributed by atoms with Crippen LogP contribution in [0.25, 0.3) is 0 Å². The molecule has 0 aromatic heterocycles. The van der Waals surface area contributed by atoms with E-state index in [1.165, 1.54) is 18.2 Å². The number of anilines is 2. The average molecular weight is 382 g/mol. The van der Waals surface area contributed by atoms with Gasteiger partial charge in [0.25, 0.3) is 0 Å². The van der Waals surface area contributed by atoms with Crippen molar-refractivity contribution in [2.75, 3.05) is 36.5 Å². The summed E-state index contributed by atoms with van der Waals surface area (Å²) < 4.78 is 34.1. The molecule has 0 radical (unpaired) electrons. The van der Waals surface area contributed by atoms with E-state index in [1.807, 2.05) is 0 Å². The number of benzene rings is 1. The number of amides is 2. The van der Waals surface area contributed by atoms with Gasteiger partial charge in [0.1, 0.15) is 11.8 Å². The van der Waals surface area contributed by atoms with Crippen LogP contribution >= 0.6 is 0 Å². The largest absolute Gasteiger partial charge is 0.442 e. The van der Waals surface area contributed by atoms with E-state index in [1.54, 1.807) is 6.92 Å². The maximum atomic E-state index is 14.5. The van der Waals surface area contributed by atoms with Crippen molar-refractivity contribution in [2.24, 2.45) is 0 Å². The van der Waals surface area contributed by atoms with E-state index in [0.29, 0.717) is 12.1 Å². The fourth-order valence-corrected chi connectivity index (χ4v) is 2.85. The third-order valence-electron chi connectivity index (χ3n) is 4.21. The van der Waals surface area contributed by atoms with E-state index >= 15 is 0 Å². The smallest absolute Gasteiger partial charge is 0.414 e. The van der Waals surface area contributed by atoms with Crippen molar-refractivity contribution >= 4 is 23.4 Å². The summed E-state index contributed by atoms with van der Waals surface area (Å²) in [7, 11) is 1.44. The Morgan fingerprint density at radius 2 is 2.04 bits per heavy atom. The van der Waals surface area contributed by atoms with E-state index in [4.69, 9.17) is 9.57 Å². The molecule has 0 spiro atoms. The second-order valence-corrected chi connectivity index (χ2v) is 6.12. The first kappa shape index (κ1) is 18.9. The van der Waals surface area contributed by atoms with Crippen molar-refractivity contribution in [2.45, 2.75) is 19.4 Å². The van der Waals surface area contributed by atoms with Crippen LogP contribution < -0.4 is 20.6 Å². The van der Waals surface area contributed by atoms with Gasteiger partial charge in [-0.1, -0.05) is 6.92 Å². The standard InChI is InChI=1S/C17H20F2N4O4/c1-3-15(24)20-6-12-9-23(17(25)27-12)11-4-13(18)16(14(19)5-11)22-7-10(8-22)21-26-2/h4-5,7,12,21H,3,6,8-9H2,1-2H3,(H,20,24)/t12-/m0/s1. The highest BCUT2D eigenvalue weighted by molar-refractivity contribution is 5.90. The highest BCUT2D eigenvalue weighted by Gasteiger charge is 2.34. The first-order valence-electron chi connectivity index (χ1n) is 8.43. The maximum Gasteiger partial charge on any atom is 0.414 e. The lowest BCUT2D eigenvalue weighted by Gasteiger charge is -2.32. The van der Waals surface area contributed by atoms with E-state index in [9.17, 15) is 18.4 Å². The lowest BCUT2D eigenvalue weighted by Crippen LogP contribution is -2.37. The van der Waals surface area contributed by atoms with Gasteiger partial charge in [0.15, 0.2) is 11.6 Å². The normalized spacial score (nSPS) is 18.7. The molecule has 1 fully saturated rings. The molecule has 2 heterocycles. The topological polar surface area (TPSA) is 83.1 Å². The van der Waals surface area contributed by atoms with Crippen LogP contribution in [-0.4, -0.2) is 44.8 Å². The molecule has 2 N–H and O–H groups in total. The van der Waals surface area contributed by atoms with Gasteiger partial charge in [0, 0.05) is 24.8 Å². The maximum absolute atomic E-state index is 14.5. The number of rotatable bonds is 7. The number of nitrogens with one attached hydrogen (secondary N) is 2. The van der Waals surface area contributed by atoms with Gasteiger partial charge in [0.05, 0.1) is 38.1 Å². The number of hydrogen-bond donors (Lipinski definition) is 2. The Morgan fingerprint density at radius 1 is 1.37 bits per heavy atom. The Labute approximate surface area is 154 Å². The molecule has 1 aromatic carbocycles. The highest BCUT2D eigenvalue weighted by Crippen LogP contribution is 2.33. The van der Waals surface area contributed by atoms with E-state index < -0.39 is 23.8 Å². The fourth-order valence-electron chi connectivity index (χ4n) is 2.85. The lowest BCUT2D eigenvalue weighted by atomic mass is 10.1. The Balaban J connectivity index is 1.71. The summed E-state index contributed by atoms with van der Waals surface area (Å²) in [5, 5.41) is 2.62. The Morgan fingerprint density at radius 3 is 2.63 bits per heavy atom. The number of halogens is 2. The van der Waals surface area contributed by atoms with Gasteiger partial charge in [-0.2, -0.15) is 0 Å². The minimum atomic E-state index is -0.798. The molecule has 0 aliphatic carbocycles. The van der Waals surface area contributed by atoms with Gasteiger partial charge >= 0.3 is 6.09 Å². The fraction of sp³-hybridized carbons (Fsp3) is 0.412. The van der Waals surface area contributed by atoms with Crippen LogP contribution in [0.15, 0.2) is 24.0 Å². The molecule has 1 saturated heterocycles. The molecule has 27 heavy (non-hydrogen) atoms. The van der Waals surface area contributed by atoms with Crippen LogP contribution in [0.1, 0.15) is 13.3 Å². The second kappa shape index (κ2) is 7.78. The Bertz CT molecular complexity index is 763. The van der Waals surface area contributed by atoms with Crippen molar-refractivity contribution in [3.63, 3.8) is 0 Å². The quantitative estimate of drug-likeness (QED) is 0.698. The number of carbonyl (C=O) groups is 2. The molecule has 10 heteroatoms. The average Bonchev–Trinajstić information content (AvgIpc) is 2.97. The van der Waals surface area contributed by atoms with E-state index in [2.05, 4.69) is 10.8 Å². The van der Waals surface area contributed by atoms with Crippen LogP contribution in [0.2, 0.25) is 0 Å². The van der Waals surface area contributed by atoms with Crippen molar-refractivity contribution in [3.8, 4) is 0 Å². The number of cyclic esters (lactones) is 1. The van der Waals surface area contributed by atoms with Crippen molar-refractivity contribution in [3.05, 3.63) is 35.7 Å². The van der Waals surface area contributed by atoms with Crippen molar-refractivity contribution in [1.29, 1.82) is 0 Å². The van der Waals surface area contributed by atoms with Crippen molar-refractivity contribution in [1.82, 2.24) is 10.8 Å². The van der Waals surface area contributed by atoms with Crippen LogP contribution in [0.3, 0.4) is 0 Å². The van der Waals surface area contributed by atoms with Gasteiger partial charge in [-0.25, -0.2) is 13.6 Å². The molecule has 1 aromatic rings. The zero-order valence-corrected chi connectivity index (χ0v) is 14.9. The monoisotopic (exact) mass is 382 g/mol. The van der Waals surface area contributed by atoms with Gasteiger partial charge in [0.2, 0.25) is 5.91 Å². The second-order valence-electron chi connectivity index (χ2n) is 6.12. The number of ether oxygens (including phenoxy) is 1. The third-order valence-corrected chi connectivity index (χ3v) is 4.21. The molecule has 146 valence electrons. The Hall–Kier alpha value is -2.88. The summed E-state index contributed by atoms with van der Waals surface area (Å²) in [5.74, 6) is -1.77. The molecule has 2 aliphatic heterocycles. The minimum Gasteiger partial charge on any atom is -0.442 e. The molecule has 0 unspecified atom stereocenters. The van der Waals surface area contributed by atoms with Crippen LogP contribution in [-0.2, 0) is 14.4 Å². The number of carbonyl (C=O) groups excluding carboxylic acids is 2. The molecule has 2 amide bonds. The first-order chi connectivity index (χ1) is 12.9. The molecule has 1 atom stereocenters. The molecule has 8 nitrogen and oxygen atoms in total. The zero-order valence-electron chi connectivity index (χ0n) is 14.9. The summed E-state index contributed by atoms with van der Waals surface area (Å²) in [5.41, 5.74) is 3.12. The number of nitrogens with zero attached hydrogens (tertiary/aromatic N) is 2. The predicted molar refractivity (Wildman–Crippen MR) is 92.8 cm³/mol. The summed E-state index contributed by atoms with van der Waals surface area (Å²) in [4.78, 5) is 30.6. The molecule has 0 saturated carbocycles. The van der Waals surface area contributed by atoms with E-state index in [-0.39, 0.29) is 36.9 Å². The third kappa shape index (κ3) is 3.95. The first-order valence-corrected chi connectivity index (χ1v) is 8.43. The predicted octanol–water partition coefficient (Wildman–Crippen LogP) is 1.63. The molecule has 0 bridgehead atoms. The van der Waals surface area contributed by atoms with Crippen LogP contribution in [0.5, 0.6) is 0 Å². The highest BCUT2D eigenvalue weighted by atomic mass is 19.1. The summed E-state index contributed by atoms with van der Waals surface area (Å²) in [6.07, 6.45) is 0.531.